The van der Waals surface area contributed by atoms with Gasteiger partial charge < -0.3 is 9.47 Å². The Morgan fingerprint density at radius 2 is 1.87 bits per heavy atom. The second kappa shape index (κ2) is 10.4. The van der Waals surface area contributed by atoms with Crippen LogP contribution in [0.1, 0.15) is 22.8 Å². The third-order valence-corrected chi connectivity index (χ3v) is 5.58. The van der Waals surface area contributed by atoms with Crippen LogP contribution < -0.4 is 4.74 Å². The highest BCUT2D eigenvalue weighted by atomic mass is 79.9. The predicted octanol–water partition coefficient (Wildman–Crippen LogP) is 4.31. The lowest BCUT2D eigenvalue weighted by Crippen LogP contribution is -2.33. The Bertz CT molecular complexity index is 1050. The molecule has 0 saturated carbocycles. The molecular formula is C22H18BrNO6S. The van der Waals surface area contributed by atoms with Gasteiger partial charge in [0.2, 0.25) is 0 Å². The van der Waals surface area contributed by atoms with E-state index in [-0.39, 0.29) is 30.4 Å². The van der Waals surface area contributed by atoms with E-state index in [1.165, 1.54) is 6.08 Å². The van der Waals surface area contributed by atoms with Crippen molar-refractivity contribution in [2.75, 3.05) is 19.8 Å². The lowest BCUT2D eigenvalue weighted by Gasteiger charge is -2.11. The topological polar surface area (TPSA) is 90.0 Å². The molecule has 0 atom stereocenters. The van der Waals surface area contributed by atoms with Crippen molar-refractivity contribution in [2.24, 2.45) is 0 Å². The summed E-state index contributed by atoms with van der Waals surface area (Å²) in [6.07, 6.45) is 1.50. The molecule has 1 saturated heterocycles. The van der Waals surface area contributed by atoms with Crippen LogP contribution in [0.2, 0.25) is 0 Å². The molecule has 0 bridgehead atoms. The number of Topliss-reactive ketones (excluding diaryl/α,β-unsaturated/α-hetero) is 1. The first-order valence-corrected chi connectivity index (χ1v) is 10.9. The highest BCUT2D eigenvalue weighted by Gasteiger charge is 2.36. The number of ether oxygens (including phenoxy) is 2. The van der Waals surface area contributed by atoms with Gasteiger partial charge in [-0.25, -0.2) is 4.79 Å². The Morgan fingerprint density at radius 1 is 1.13 bits per heavy atom. The fourth-order valence-corrected chi connectivity index (χ4v) is 3.95. The highest BCUT2D eigenvalue weighted by molar-refractivity contribution is 9.10. The average Bonchev–Trinajstić information content (AvgIpc) is 3.01. The van der Waals surface area contributed by atoms with Gasteiger partial charge in [-0.05, 0) is 43.0 Å². The Morgan fingerprint density at radius 3 is 2.58 bits per heavy atom. The van der Waals surface area contributed by atoms with Gasteiger partial charge in [-0.3, -0.25) is 19.3 Å². The van der Waals surface area contributed by atoms with E-state index in [0.29, 0.717) is 16.9 Å². The number of nitrogens with zero attached hydrogens (tertiary/aromatic N) is 1. The number of hydrogen-bond acceptors (Lipinski definition) is 7. The predicted molar refractivity (Wildman–Crippen MR) is 120 cm³/mol. The van der Waals surface area contributed by atoms with Gasteiger partial charge in [-0.2, -0.15) is 0 Å². The van der Waals surface area contributed by atoms with Crippen LogP contribution in [0.25, 0.3) is 6.08 Å². The van der Waals surface area contributed by atoms with E-state index in [1.54, 1.807) is 55.5 Å². The molecule has 0 aromatic heterocycles. The summed E-state index contributed by atoms with van der Waals surface area (Å²) >= 11 is 4.10. The first-order chi connectivity index (χ1) is 14.9. The summed E-state index contributed by atoms with van der Waals surface area (Å²) in [5, 5.41) is -0.524. The van der Waals surface area contributed by atoms with E-state index < -0.39 is 17.1 Å². The Hall–Kier alpha value is -2.91. The molecule has 2 aromatic carbocycles. The van der Waals surface area contributed by atoms with Gasteiger partial charge in [0, 0.05) is 15.6 Å². The van der Waals surface area contributed by atoms with Gasteiger partial charge in [0.25, 0.3) is 11.1 Å². The van der Waals surface area contributed by atoms with E-state index in [1.807, 2.05) is 0 Å². The molecule has 0 spiro atoms. The minimum absolute atomic E-state index is 0.157. The molecule has 160 valence electrons. The molecule has 1 aliphatic rings. The largest absolute Gasteiger partial charge is 0.481 e. The molecule has 3 rings (SSSR count). The van der Waals surface area contributed by atoms with E-state index in [9.17, 15) is 19.2 Å². The molecule has 0 N–H and O–H groups in total. The zero-order chi connectivity index (χ0) is 22.4. The van der Waals surface area contributed by atoms with E-state index >= 15 is 0 Å². The van der Waals surface area contributed by atoms with Gasteiger partial charge in [0.1, 0.15) is 5.75 Å². The number of hydrogen-bond donors (Lipinski definition) is 0. The van der Waals surface area contributed by atoms with Crippen LogP contribution in [0.5, 0.6) is 5.75 Å². The fourth-order valence-electron chi connectivity index (χ4n) is 2.74. The van der Waals surface area contributed by atoms with E-state index in [4.69, 9.17) is 9.47 Å². The van der Waals surface area contributed by atoms with Crippen molar-refractivity contribution in [3.05, 3.63) is 69.0 Å². The minimum atomic E-state index is -0.560. The molecule has 2 aromatic rings. The first kappa shape index (κ1) is 22.8. The normalized spacial score (nSPS) is 14.8. The van der Waals surface area contributed by atoms with E-state index in [2.05, 4.69) is 15.9 Å². The maximum Gasteiger partial charge on any atom is 0.344 e. The number of carbonyl (C=O) groups excluding carboxylic acids is 4. The summed E-state index contributed by atoms with van der Waals surface area (Å²) in [6, 6.07) is 13.5. The maximum absolute atomic E-state index is 12.8. The first-order valence-electron chi connectivity index (χ1n) is 9.30. The van der Waals surface area contributed by atoms with Crippen molar-refractivity contribution in [3.63, 3.8) is 0 Å². The summed E-state index contributed by atoms with van der Waals surface area (Å²) < 4.78 is 11.1. The second-order valence-corrected chi connectivity index (χ2v) is 8.24. The molecule has 0 unspecified atom stereocenters. The van der Waals surface area contributed by atoms with Crippen molar-refractivity contribution in [1.29, 1.82) is 0 Å². The van der Waals surface area contributed by atoms with Crippen LogP contribution in [-0.2, 0) is 14.3 Å². The van der Waals surface area contributed by atoms with Gasteiger partial charge in [0.05, 0.1) is 18.1 Å². The third kappa shape index (κ3) is 5.83. The smallest absolute Gasteiger partial charge is 0.344 e. The summed E-state index contributed by atoms with van der Waals surface area (Å²) in [6.45, 7) is 1.31. The number of ketones is 1. The van der Waals surface area contributed by atoms with Crippen molar-refractivity contribution in [1.82, 2.24) is 4.90 Å². The standard InChI is InChI=1S/C22H18BrNO6S/c1-2-29-20(26)13-30-18-9-8-16(23)10-15(18)11-19-21(27)24(22(28)31-19)12-17(25)14-6-4-3-5-7-14/h3-11H,2,12-13H2,1H3/b19-11+. The molecule has 1 fully saturated rings. The lowest BCUT2D eigenvalue weighted by atomic mass is 10.1. The molecule has 1 aliphatic heterocycles. The molecule has 31 heavy (non-hydrogen) atoms. The summed E-state index contributed by atoms with van der Waals surface area (Å²) in [4.78, 5) is 50.2. The van der Waals surface area contributed by atoms with Crippen LogP contribution in [-0.4, -0.2) is 47.6 Å². The number of halogens is 1. The number of amides is 2. The van der Waals surface area contributed by atoms with Crippen molar-refractivity contribution in [2.45, 2.75) is 6.92 Å². The molecular weight excluding hydrogens is 486 g/mol. The highest BCUT2D eigenvalue weighted by Crippen LogP contribution is 2.35. The number of benzene rings is 2. The van der Waals surface area contributed by atoms with Crippen LogP contribution in [0, 0.1) is 0 Å². The zero-order valence-corrected chi connectivity index (χ0v) is 18.9. The number of imide groups is 1. The average molecular weight is 504 g/mol. The van der Waals surface area contributed by atoms with Crippen LogP contribution in [0.15, 0.2) is 57.9 Å². The van der Waals surface area contributed by atoms with Crippen molar-refractivity contribution in [3.8, 4) is 5.75 Å². The SMILES string of the molecule is CCOC(=O)COc1ccc(Br)cc1/C=C1/SC(=O)N(CC(=O)c2ccccc2)C1=O. The summed E-state index contributed by atoms with van der Waals surface area (Å²) in [5.41, 5.74) is 0.922. The van der Waals surface area contributed by atoms with Gasteiger partial charge >= 0.3 is 5.97 Å². The number of thioether (sulfide) groups is 1. The Labute approximate surface area is 191 Å². The van der Waals surface area contributed by atoms with Crippen LogP contribution >= 0.6 is 27.7 Å². The molecule has 1 heterocycles. The van der Waals surface area contributed by atoms with Crippen molar-refractivity contribution < 1.29 is 28.7 Å². The van der Waals surface area contributed by atoms with Gasteiger partial charge in [-0.1, -0.05) is 46.3 Å². The number of esters is 1. The zero-order valence-electron chi connectivity index (χ0n) is 16.5. The van der Waals surface area contributed by atoms with Crippen molar-refractivity contribution >= 4 is 56.7 Å². The fraction of sp³-hybridized carbons (Fsp3) is 0.182. The summed E-state index contributed by atoms with van der Waals surface area (Å²) in [5.74, 6) is -1.06. The molecule has 9 heteroatoms. The molecule has 0 radical (unpaired) electrons. The second-order valence-electron chi connectivity index (χ2n) is 6.33. The summed E-state index contributed by atoms with van der Waals surface area (Å²) in [7, 11) is 0. The number of rotatable bonds is 8. The van der Waals surface area contributed by atoms with Gasteiger partial charge in [0.15, 0.2) is 12.4 Å². The Balaban J connectivity index is 1.78. The minimum Gasteiger partial charge on any atom is -0.481 e. The third-order valence-electron chi connectivity index (χ3n) is 4.18. The van der Waals surface area contributed by atoms with Gasteiger partial charge in [-0.15, -0.1) is 0 Å². The molecule has 2 amide bonds. The quantitative estimate of drug-likeness (QED) is 0.301. The molecule has 7 nitrogen and oxygen atoms in total. The Kier molecular flexibility index (Phi) is 7.64. The van der Waals surface area contributed by atoms with Crippen LogP contribution in [0.3, 0.4) is 0 Å². The lowest BCUT2D eigenvalue weighted by molar-refractivity contribution is -0.145. The molecule has 0 aliphatic carbocycles. The maximum atomic E-state index is 12.8. The number of carbonyl (C=O) groups is 4. The van der Waals surface area contributed by atoms with Crippen LogP contribution in [0.4, 0.5) is 4.79 Å². The van der Waals surface area contributed by atoms with E-state index in [0.717, 1.165) is 21.1 Å². The monoisotopic (exact) mass is 503 g/mol.